The molecule has 0 heterocycles. The molecule has 2 amide bonds. The summed E-state index contributed by atoms with van der Waals surface area (Å²) in [6.45, 7) is 2.27. The van der Waals surface area contributed by atoms with Crippen LogP contribution in [0.4, 0.5) is 16.2 Å². The van der Waals surface area contributed by atoms with E-state index in [0.717, 1.165) is 35.3 Å². The van der Waals surface area contributed by atoms with Crippen molar-refractivity contribution in [2.75, 3.05) is 17.2 Å². The minimum Gasteiger partial charge on any atom is -0.396 e. The number of carbonyl (C=O) groups excluding carboxylic acids is 1. The highest BCUT2D eigenvalue weighted by atomic mass is 16.3. The monoisotopic (exact) mass is 339 g/mol. The third kappa shape index (κ3) is 5.22. The van der Waals surface area contributed by atoms with Crippen LogP contribution in [-0.4, -0.2) is 23.8 Å². The van der Waals surface area contributed by atoms with E-state index >= 15 is 0 Å². The van der Waals surface area contributed by atoms with Crippen molar-refractivity contribution in [3.8, 4) is 0 Å². The largest absolute Gasteiger partial charge is 0.396 e. The quantitative estimate of drug-likeness (QED) is 0.622. The molecule has 5 nitrogen and oxygen atoms in total. The zero-order chi connectivity index (χ0) is 17.6. The second kappa shape index (κ2) is 8.03. The van der Waals surface area contributed by atoms with Gasteiger partial charge in [-0.05, 0) is 61.6 Å². The van der Waals surface area contributed by atoms with Crippen LogP contribution in [0.1, 0.15) is 36.9 Å². The highest BCUT2D eigenvalue weighted by Crippen LogP contribution is 2.22. The Morgan fingerprint density at radius 1 is 1.08 bits per heavy atom. The van der Waals surface area contributed by atoms with Crippen molar-refractivity contribution >= 4 is 17.4 Å². The lowest BCUT2D eigenvalue weighted by Gasteiger charge is -2.17. The fourth-order valence-corrected chi connectivity index (χ4v) is 2.67. The van der Waals surface area contributed by atoms with Crippen molar-refractivity contribution in [3.63, 3.8) is 0 Å². The third-order valence-electron chi connectivity index (χ3n) is 4.32. The maximum absolute atomic E-state index is 11.7. The number of urea groups is 1. The lowest BCUT2D eigenvalue weighted by atomic mass is 10.1. The van der Waals surface area contributed by atoms with Crippen molar-refractivity contribution in [3.05, 3.63) is 59.7 Å². The summed E-state index contributed by atoms with van der Waals surface area (Å²) in [6.07, 6.45) is 2.84. The van der Waals surface area contributed by atoms with Crippen LogP contribution in [0.15, 0.2) is 48.5 Å². The van der Waals surface area contributed by atoms with E-state index in [-0.39, 0.29) is 18.7 Å². The van der Waals surface area contributed by atoms with Gasteiger partial charge in [-0.1, -0.05) is 24.3 Å². The molecule has 1 aliphatic rings. The van der Waals surface area contributed by atoms with Gasteiger partial charge in [0, 0.05) is 30.1 Å². The molecule has 0 radical (unpaired) electrons. The normalized spacial score (nSPS) is 14.6. The first-order valence-corrected chi connectivity index (χ1v) is 8.78. The summed E-state index contributed by atoms with van der Waals surface area (Å²) in [5.41, 5.74) is 4.11. The number of nitrogens with one attached hydrogen (secondary N) is 3. The van der Waals surface area contributed by atoms with Crippen molar-refractivity contribution in [1.82, 2.24) is 5.32 Å². The van der Waals surface area contributed by atoms with Crippen molar-refractivity contribution in [1.29, 1.82) is 0 Å². The van der Waals surface area contributed by atoms with E-state index in [9.17, 15) is 4.79 Å². The Bertz CT molecular complexity index is 694. The molecule has 0 saturated heterocycles. The van der Waals surface area contributed by atoms with Gasteiger partial charge in [-0.15, -0.1) is 0 Å². The lowest BCUT2D eigenvalue weighted by Crippen LogP contribution is -2.30. The Hall–Kier alpha value is -2.53. The molecule has 132 valence electrons. The van der Waals surface area contributed by atoms with Crippen LogP contribution in [-0.2, 0) is 6.42 Å². The van der Waals surface area contributed by atoms with Crippen LogP contribution in [0.3, 0.4) is 0 Å². The molecule has 0 bridgehead atoms. The third-order valence-corrected chi connectivity index (χ3v) is 4.32. The Balaban J connectivity index is 1.54. The molecule has 0 aromatic heterocycles. The van der Waals surface area contributed by atoms with Gasteiger partial charge in [-0.2, -0.15) is 0 Å². The Labute approximate surface area is 148 Å². The van der Waals surface area contributed by atoms with Gasteiger partial charge in [0.2, 0.25) is 0 Å². The summed E-state index contributed by atoms with van der Waals surface area (Å²) in [6, 6.07) is 16.4. The summed E-state index contributed by atoms with van der Waals surface area (Å²) in [7, 11) is 0. The Morgan fingerprint density at radius 3 is 2.32 bits per heavy atom. The minimum absolute atomic E-state index is 0.135. The first-order valence-electron chi connectivity index (χ1n) is 8.78. The van der Waals surface area contributed by atoms with Gasteiger partial charge in [-0.25, -0.2) is 4.79 Å². The van der Waals surface area contributed by atoms with E-state index < -0.39 is 0 Å². The predicted octanol–water partition coefficient (Wildman–Crippen LogP) is 3.68. The van der Waals surface area contributed by atoms with Crippen molar-refractivity contribution in [2.45, 2.75) is 38.3 Å². The maximum atomic E-state index is 11.7. The molecule has 0 spiro atoms. The summed E-state index contributed by atoms with van der Waals surface area (Å²) in [4.78, 5) is 11.7. The molecule has 5 heteroatoms. The number of amides is 2. The SMILES string of the molecule is CC(Nc1ccc(CCO)cc1)c1ccc(NC(=O)NC2CC2)cc1. The predicted molar refractivity (Wildman–Crippen MR) is 101 cm³/mol. The van der Waals surface area contributed by atoms with Crippen LogP contribution in [0.2, 0.25) is 0 Å². The molecule has 1 aliphatic carbocycles. The van der Waals surface area contributed by atoms with Gasteiger partial charge in [0.05, 0.1) is 0 Å². The molecule has 1 saturated carbocycles. The molecule has 25 heavy (non-hydrogen) atoms. The minimum atomic E-state index is -0.135. The first-order chi connectivity index (χ1) is 12.1. The van der Waals surface area contributed by atoms with E-state index in [4.69, 9.17) is 5.11 Å². The number of hydrogen-bond donors (Lipinski definition) is 4. The van der Waals surface area contributed by atoms with Gasteiger partial charge in [-0.3, -0.25) is 0 Å². The van der Waals surface area contributed by atoms with Crippen molar-refractivity contribution < 1.29 is 9.90 Å². The van der Waals surface area contributed by atoms with E-state index in [1.165, 1.54) is 0 Å². The maximum Gasteiger partial charge on any atom is 0.319 e. The topological polar surface area (TPSA) is 73.4 Å². The number of hydrogen-bond acceptors (Lipinski definition) is 3. The van der Waals surface area contributed by atoms with E-state index in [2.05, 4.69) is 22.9 Å². The van der Waals surface area contributed by atoms with Gasteiger partial charge in [0.25, 0.3) is 0 Å². The first kappa shape index (κ1) is 17.3. The van der Waals surface area contributed by atoms with E-state index in [0.29, 0.717) is 12.5 Å². The molecule has 4 N–H and O–H groups in total. The molecular weight excluding hydrogens is 314 g/mol. The molecule has 2 aromatic carbocycles. The fraction of sp³-hybridized carbons (Fsp3) is 0.350. The number of aliphatic hydroxyl groups excluding tert-OH is 1. The van der Waals surface area contributed by atoms with Gasteiger partial charge in [0.1, 0.15) is 0 Å². The van der Waals surface area contributed by atoms with Crippen LogP contribution in [0.5, 0.6) is 0 Å². The summed E-state index contributed by atoms with van der Waals surface area (Å²) < 4.78 is 0. The summed E-state index contributed by atoms with van der Waals surface area (Å²) >= 11 is 0. The highest BCUT2D eigenvalue weighted by Gasteiger charge is 2.23. The van der Waals surface area contributed by atoms with Crippen molar-refractivity contribution in [2.24, 2.45) is 0 Å². The molecule has 1 unspecified atom stereocenters. The number of rotatable bonds is 7. The van der Waals surface area contributed by atoms with Gasteiger partial charge >= 0.3 is 6.03 Å². The van der Waals surface area contributed by atoms with Gasteiger partial charge in [0.15, 0.2) is 0 Å². The lowest BCUT2D eigenvalue weighted by molar-refractivity contribution is 0.251. The average molecular weight is 339 g/mol. The van der Waals surface area contributed by atoms with Crippen LogP contribution >= 0.6 is 0 Å². The fourth-order valence-electron chi connectivity index (χ4n) is 2.67. The second-order valence-corrected chi connectivity index (χ2v) is 6.53. The molecule has 1 atom stereocenters. The highest BCUT2D eigenvalue weighted by molar-refractivity contribution is 5.89. The van der Waals surface area contributed by atoms with Gasteiger partial charge < -0.3 is 21.1 Å². The molecule has 0 aliphatic heterocycles. The number of carbonyl (C=O) groups is 1. The molecular formula is C20H25N3O2. The average Bonchev–Trinajstić information content (AvgIpc) is 3.41. The molecule has 1 fully saturated rings. The number of benzene rings is 2. The smallest absolute Gasteiger partial charge is 0.319 e. The number of anilines is 2. The van der Waals surface area contributed by atoms with E-state index in [1.54, 1.807) is 0 Å². The zero-order valence-electron chi connectivity index (χ0n) is 14.5. The number of aliphatic hydroxyl groups is 1. The molecule has 2 aromatic rings. The van der Waals surface area contributed by atoms with E-state index in [1.807, 2.05) is 48.5 Å². The second-order valence-electron chi connectivity index (χ2n) is 6.53. The Kier molecular flexibility index (Phi) is 5.56. The summed E-state index contributed by atoms with van der Waals surface area (Å²) in [5.74, 6) is 0. The zero-order valence-corrected chi connectivity index (χ0v) is 14.5. The van der Waals surface area contributed by atoms with Crippen LogP contribution < -0.4 is 16.0 Å². The standard InChI is InChI=1S/C20H25N3O2/c1-14(21-17-6-2-15(3-7-17)12-13-24)16-4-8-18(9-5-16)22-20(25)23-19-10-11-19/h2-9,14,19,21,24H,10-13H2,1H3,(H2,22,23,25). The Morgan fingerprint density at radius 2 is 1.72 bits per heavy atom. The van der Waals surface area contributed by atoms with Crippen LogP contribution in [0, 0.1) is 0 Å². The molecule has 3 rings (SSSR count). The summed E-state index contributed by atoms with van der Waals surface area (Å²) in [5, 5.41) is 18.2. The van der Waals surface area contributed by atoms with Crippen LogP contribution in [0.25, 0.3) is 0 Å².